The normalized spacial score (nSPS) is 15.3. The van der Waals surface area contributed by atoms with Gasteiger partial charge in [-0.25, -0.2) is 0 Å². The van der Waals surface area contributed by atoms with Crippen LogP contribution in [0.5, 0.6) is 0 Å². The van der Waals surface area contributed by atoms with E-state index in [-0.39, 0.29) is 10.8 Å². The molecule has 47 heavy (non-hydrogen) atoms. The molecule has 0 saturated carbocycles. The Labute approximate surface area is 278 Å². The van der Waals surface area contributed by atoms with Crippen LogP contribution in [-0.4, -0.2) is 7.05 Å². The summed E-state index contributed by atoms with van der Waals surface area (Å²) in [5, 5.41) is 5.19. The third-order valence-electron chi connectivity index (χ3n) is 11.3. The molecule has 0 aromatic heterocycles. The second kappa shape index (κ2) is 9.69. The van der Waals surface area contributed by atoms with E-state index in [4.69, 9.17) is 0 Å². The van der Waals surface area contributed by atoms with E-state index in [0.717, 1.165) is 0 Å². The summed E-state index contributed by atoms with van der Waals surface area (Å²) in [4.78, 5) is 2.38. The van der Waals surface area contributed by atoms with E-state index >= 15 is 0 Å². The Morgan fingerprint density at radius 2 is 0.979 bits per heavy atom. The zero-order valence-electron chi connectivity index (χ0n) is 28.1. The Balaban J connectivity index is 1.31. The molecule has 0 saturated heterocycles. The first-order valence-electron chi connectivity index (χ1n) is 16.8. The molecule has 0 spiro atoms. The van der Waals surface area contributed by atoms with Crippen LogP contribution in [0.25, 0.3) is 54.9 Å². The molecule has 0 bridgehead atoms. The van der Waals surface area contributed by atoms with Gasteiger partial charge in [-0.3, -0.25) is 0 Å². The Bertz CT molecular complexity index is 2440. The number of benzene rings is 7. The van der Waals surface area contributed by atoms with Crippen molar-refractivity contribution >= 4 is 32.9 Å². The molecule has 0 unspecified atom stereocenters. The lowest BCUT2D eigenvalue weighted by atomic mass is 9.73. The van der Waals surface area contributed by atoms with Crippen LogP contribution in [0.2, 0.25) is 0 Å². The lowest BCUT2D eigenvalue weighted by molar-refractivity contribution is 0.629. The van der Waals surface area contributed by atoms with Gasteiger partial charge < -0.3 is 4.90 Å². The van der Waals surface area contributed by atoms with Gasteiger partial charge >= 0.3 is 0 Å². The molecule has 228 valence electrons. The summed E-state index contributed by atoms with van der Waals surface area (Å²) in [6.45, 7) is 11.7. The van der Waals surface area contributed by atoms with Crippen molar-refractivity contribution in [3.63, 3.8) is 0 Å². The van der Waals surface area contributed by atoms with Crippen molar-refractivity contribution in [1.29, 1.82) is 0 Å². The molecular weight excluding hydrogens is 567 g/mol. The van der Waals surface area contributed by atoms with Crippen molar-refractivity contribution in [1.82, 2.24) is 0 Å². The lowest BCUT2D eigenvalue weighted by Gasteiger charge is -2.40. The zero-order valence-corrected chi connectivity index (χ0v) is 28.1. The highest BCUT2D eigenvalue weighted by Crippen LogP contribution is 2.53. The smallest absolute Gasteiger partial charge is 0.0455 e. The molecule has 0 N–H and O–H groups in total. The molecule has 1 heteroatoms. The molecule has 1 nitrogen and oxygen atoms in total. The maximum Gasteiger partial charge on any atom is 0.0455 e. The van der Waals surface area contributed by atoms with Gasteiger partial charge in [-0.2, -0.15) is 0 Å². The van der Waals surface area contributed by atoms with Gasteiger partial charge in [0.15, 0.2) is 0 Å². The molecule has 0 radical (unpaired) electrons. The van der Waals surface area contributed by atoms with Gasteiger partial charge in [0, 0.05) is 29.3 Å². The van der Waals surface area contributed by atoms with E-state index < -0.39 is 0 Å². The topological polar surface area (TPSA) is 3.24 Å². The van der Waals surface area contributed by atoms with E-state index in [0.29, 0.717) is 0 Å². The largest absolute Gasteiger partial charge is 0.344 e. The van der Waals surface area contributed by atoms with E-state index in [1.807, 2.05) is 0 Å². The number of hydrogen-bond donors (Lipinski definition) is 0. The summed E-state index contributed by atoms with van der Waals surface area (Å²) in [6, 6.07) is 48.2. The van der Waals surface area contributed by atoms with Crippen LogP contribution >= 0.6 is 0 Å². The van der Waals surface area contributed by atoms with Crippen molar-refractivity contribution in [3.8, 4) is 33.4 Å². The molecule has 9 rings (SSSR count). The number of rotatable bonds is 2. The number of fused-ring (bicyclic) bond motifs is 7. The van der Waals surface area contributed by atoms with E-state index in [2.05, 4.69) is 174 Å². The molecule has 2 aliphatic rings. The quantitative estimate of drug-likeness (QED) is 0.177. The van der Waals surface area contributed by atoms with E-state index in [9.17, 15) is 0 Å². The Morgan fingerprint density at radius 3 is 1.77 bits per heavy atom. The van der Waals surface area contributed by atoms with Crippen LogP contribution in [0.15, 0.2) is 127 Å². The average Bonchev–Trinajstić information content (AvgIpc) is 3.31. The third-order valence-corrected chi connectivity index (χ3v) is 11.3. The van der Waals surface area contributed by atoms with Crippen LogP contribution in [-0.2, 0) is 10.8 Å². The summed E-state index contributed by atoms with van der Waals surface area (Å²) < 4.78 is 0. The van der Waals surface area contributed by atoms with Crippen LogP contribution in [0.1, 0.15) is 55.5 Å². The standard InChI is InChI=1S/C46H39N/c1-28-19-22-35-36(25-28)44(30-21-24-39-42(27-30)47(6)41-18-12-11-17-38(41)46(39,4)5)34-15-8-7-14-33(34)43(35)29-20-23-32-31-13-9-10-16-37(31)45(2,3)40(32)26-29/h7-27H,1-6H3. The highest BCUT2D eigenvalue weighted by Gasteiger charge is 2.36. The lowest BCUT2D eigenvalue weighted by Crippen LogP contribution is -2.30. The number of hydrogen-bond acceptors (Lipinski definition) is 1. The molecule has 0 fully saturated rings. The maximum atomic E-state index is 2.48. The highest BCUT2D eigenvalue weighted by molar-refractivity contribution is 6.21. The van der Waals surface area contributed by atoms with Crippen LogP contribution < -0.4 is 4.90 Å². The first-order chi connectivity index (χ1) is 22.7. The fourth-order valence-corrected chi connectivity index (χ4v) is 8.84. The SMILES string of the molecule is Cc1ccc2c(-c3ccc4c(c3)C(C)(C)c3ccccc3-4)c3ccccc3c(-c3ccc4c(c3)N(C)c3ccccc3C4(C)C)c2c1. The number of para-hydroxylation sites is 1. The monoisotopic (exact) mass is 605 g/mol. The fraction of sp³-hybridized carbons (Fsp3) is 0.174. The number of anilines is 2. The summed E-state index contributed by atoms with van der Waals surface area (Å²) in [5.41, 5.74) is 17.2. The molecule has 1 aliphatic heterocycles. The Kier molecular flexibility index (Phi) is 5.79. The second-order valence-corrected chi connectivity index (χ2v) is 14.7. The molecule has 0 amide bonds. The second-order valence-electron chi connectivity index (χ2n) is 14.7. The third kappa shape index (κ3) is 3.83. The van der Waals surface area contributed by atoms with Gasteiger partial charge in [0.1, 0.15) is 0 Å². The fourth-order valence-electron chi connectivity index (χ4n) is 8.84. The van der Waals surface area contributed by atoms with Gasteiger partial charge in [-0.15, -0.1) is 0 Å². The molecule has 1 aliphatic carbocycles. The van der Waals surface area contributed by atoms with Gasteiger partial charge in [-0.05, 0) is 102 Å². The maximum absolute atomic E-state index is 2.48. The van der Waals surface area contributed by atoms with Crippen molar-refractivity contribution in [2.24, 2.45) is 0 Å². The predicted molar refractivity (Wildman–Crippen MR) is 201 cm³/mol. The first kappa shape index (κ1) is 28.1. The van der Waals surface area contributed by atoms with Gasteiger partial charge in [0.05, 0.1) is 0 Å². The van der Waals surface area contributed by atoms with Crippen molar-refractivity contribution < 1.29 is 0 Å². The summed E-state index contributed by atoms with van der Waals surface area (Å²) in [5.74, 6) is 0. The van der Waals surface area contributed by atoms with Gasteiger partial charge in [-0.1, -0.05) is 142 Å². The van der Waals surface area contributed by atoms with Crippen LogP contribution in [0, 0.1) is 6.92 Å². The molecule has 7 aromatic carbocycles. The minimum atomic E-state index is -0.0808. The van der Waals surface area contributed by atoms with Gasteiger partial charge in [0.25, 0.3) is 0 Å². The van der Waals surface area contributed by atoms with Crippen LogP contribution in [0.4, 0.5) is 11.4 Å². The Hall–Kier alpha value is -5.14. The summed E-state index contributed by atoms with van der Waals surface area (Å²) >= 11 is 0. The van der Waals surface area contributed by atoms with E-state index in [1.165, 1.54) is 94.1 Å². The number of aryl methyl sites for hydroxylation is 1. The minimum absolute atomic E-state index is 0.0500. The zero-order chi connectivity index (χ0) is 32.2. The molecular formula is C46H39N. The average molecular weight is 606 g/mol. The van der Waals surface area contributed by atoms with Crippen LogP contribution in [0.3, 0.4) is 0 Å². The Morgan fingerprint density at radius 1 is 0.426 bits per heavy atom. The molecule has 1 heterocycles. The van der Waals surface area contributed by atoms with Crippen molar-refractivity contribution in [3.05, 3.63) is 155 Å². The molecule has 0 atom stereocenters. The number of nitrogens with zero attached hydrogens (tertiary/aromatic N) is 1. The predicted octanol–water partition coefficient (Wildman–Crippen LogP) is 12.3. The first-order valence-corrected chi connectivity index (χ1v) is 16.8. The highest BCUT2D eigenvalue weighted by atomic mass is 15.1. The minimum Gasteiger partial charge on any atom is -0.344 e. The summed E-state index contributed by atoms with van der Waals surface area (Å²) in [7, 11) is 2.22. The molecule has 7 aromatic rings. The van der Waals surface area contributed by atoms with Crippen molar-refractivity contribution in [2.45, 2.75) is 45.4 Å². The summed E-state index contributed by atoms with van der Waals surface area (Å²) in [6.07, 6.45) is 0. The van der Waals surface area contributed by atoms with E-state index in [1.54, 1.807) is 0 Å². The van der Waals surface area contributed by atoms with Gasteiger partial charge in [0.2, 0.25) is 0 Å². The van der Waals surface area contributed by atoms with Crippen molar-refractivity contribution in [2.75, 3.05) is 11.9 Å².